The van der Waals surface area contributed by atoms with Crippen LogP contribution in [-0.4, -0.2) is 40.0 Å². The van der Waals surface area contributed by atoms with E-state index in [9.17, 15) is 14.7 Å². The van der Waals surface area contributed by atoms with E-state index in [1.165, 1.54) is 28.6 Å². The highest BCUT2D eigenvalue weighted by atomic mass is 32.1. The number of ketones is 1. The molecule has 8 nitrogen and oxygen atoms in total. The minimum Gasteiger partial charge on any atom is -0.507 e. The van der Waals surface area contributed by atoms with Gasteiger partial charge in [0.15, 0.2) is 5.13 Å². The van der Waals surface area contributed by atoms with Crippen LogP contribution in [0.25, 0.3) is 16.0 Å². The highest BCUT2D eigenvalue weighted by molar-refractivity contribution is 7.22. The number of Topliss-reactive ketones (excluding diaryl/α,β-unsaturated/α-hetero) is 1. The monoisotopic (exact) mass is 529 g/mol. The van der Waals surface area contributed by atoms with Crippen LogP contribution in [0, 0.1) is 0 Å². The molecule has 1 N–H and O–H groups in total. The van der Waals surface area contributed by atoms with Crippen molar-refractivity contribution < 1.29 is 24.2 Å². The molecule has 5 rings (SSSR count). The molecule has 1 amide bonds. The first kappa shape index (κ1) is 25.4. The van der Waals surface area contributed by atoms with Crippen LogP contribution in [0.3, 0.4) is 0 Å². The summed E-state index contributed by atoms with van der Waals surface area (Å²) >= 11 is 1.29. The molecule has 0 radical (unpaired) electrons. The number of unbranched alkanes of at least 4 members (excludes halogenated alkanes) is 1. The zero-order valence-corrected chi connectivity index (χ0v) is 21.9. The normalized spacial score (nSPS) is 16.8. The van der Waals surface area contributed by atoms with E-state index in [0.29, 0.717) is 46.5 Å². The summed E-state index contributed by atoms with van der Waals surface area (Å²) in [6, 6.07) is 15.1. The summed E-state index contributed by atoms with van der Waals surface area (Å²) in [7, 11) is 0. The number of benzene rings is 2. The van der Waals surface area contributed by atoms with E-state index >= 15 is 0 Å². The predicted molar refractivity (Wildman–Crippen MR) is 147 cm³/mol. The molecule has 0 bridgehead atoms. The lowest BCUT2D eigenvalue weighted by Gasteiger charge is -2.23. The fourth-order valence-electron chi connectivity index (χ4n) is 4.37. The van der Waals surface area contributed by atoms with Crippen LogP contribution in [0.1, 0.15) is 43.9 Å². The van der Waals surface area contributed by atoms with Crippen LogP contribution in [0.4, 0.5) is 5.13 Å². The SMILES string of the molecule is CCCCOc1cccc(C2/C(=C(\O)c3ccncc3)C(=O)C(=O)N2c2nc3ccc(OCC)cc3s2)c1. The van der Waals surface area contributed by atoms with Crippen molar-refractivity contribution in [2.45, 2.75) is 32.7 Å². The number of aromatic nitrogens is 2. The van der Waals surface area contributed by atoms with Crippen LogP contribution < -0.4 is 14.4 Å². The van der Waals surface area contributed by atoms with Crippen molar-refractivity contribution in [1.29, 1.82) is 0 Å². The third-order valence-corrected chi connectivity index (χ3v) is 7.22. The Bertz CT molecular complexity index is 1520. The van der Waals surface area contributed by atoms with Crippen LogP contribution >= 0.6 is 11.3 Å². The molecule has 1 atom stereocenters. The molecule has 194 valence electrons. The number of ether oxygens (including phenoxy) is 2. The van der Waals surface area contributed by atoms with E-state index in [4.69, 9.17) is 9.47 Å². The molecule has 3 heterocycles. The predicted octanol–water partition coefficient (Wildman–Crippen LogP) is 5.90. The maximum atomic E-state index is 13.5. The molecule has 1 unspecified atom stereocenters. The number of thiazole rings is 1. The Morgan fingerprint density at radius 1 is 1.03 bits per heavy atom. The zero-order chi connectivity index (χ0) is 26.6. The maximum absolute atomic E-state index is 13.5. The van der Waals surface area contributed by atoms with Crippen molar-refractivity contribution in [2.75, 3.05) is 18.1 Å². The number of carbonyl (C=O) groups is 2. The molecule has 1 saturated heterocycles. The van der Waals surface area contributed by atoms with Crippen LogP contribution in [0.15, 0.2) is 72.6 Å². The number of nitrogens with zero attached hydrogens (tertiary/aromatic N) is 3. The number of hydrogen-bond acceptors (Lipinski definition) is 8. The Labute approximate surface area is 224 Å². The molecule has 0 saturated carbocycles. The molecule has 1 fully saturated rings. The number of amides is 1. The Hall–Kier alpha value is -4.24. The fourth-order valence-corrected chi connectivity index (χ4v) is 5.39. The summed E-state index contributed by atoms with van der Waals surface area (Å²) in [6.45, 7) is 5.07. The van der Waals surface area contributed by atoms with Crippen molar-refractivity contribution >= 4 is 44.1 Å². The van der Waals surface area contributed by atoms with Gasteiger partial charge in [-0.25, -0.2) is 4.98 Å². The van der Waals surface area contributed by atoms with E-state index in [2.05, 4.69) is 16.9 Å². The second kappa shape index (κ2) is 11.0. The summed E-state index contributed by atoms with van der Waals surface area (Å²) in [5.74, 6) is -0.488. The lowest BCUT2D eigenvalue weighted by atomic mass is 9.95. The van der Waals surface area contributed by atoms with Gasteiger partial charge in [0.1, 0.15) is 17.3 Å². The smallest absolute Gasteiger partial charge is 0.301 e. The third kappa shape index (κ3) is 4.84. The second-order valence-electron chi connectivity index (χ2n) is 8.74. The lowest BCUT2D eigenvalue weighted by Crippen LogP contribution is -2.29. The lowest BCUT2D eigenvalue weighted by molar-refractivity contribution is -0.132. The van der Waals surface area contributed by atoms with Gasteiger partial charge in [-0.15, -0.1) is 0 Å². The Morgan fingerprint density at radius 2 is 1.82 bits per heavy atom. The minimum atomic E-state index is -0.898. The second-order valence-corrected chi connectivity index (χ2v) is 9.75. The van der Waals surface area contributed by atoms with Crippen molar-refractivity contribution in [1.82, 2.24) is 9.97 Å². The standard InChI is InChI=1S/C29H27N3O5S/c1-3-5-15-37-20-8-6-7-19(16-20)25-24(26(33)18-11-13-30-14-12-18)27(34)28(35)32(25)29-31-22-10-9-21(36-4-2)17-23(22)38-29/h6-14,16-17,25,33H,3-5,15H2,1-2H3/b26-24+. The topological polar surface area (TPSA) is 102 Å². The van der Waals surface area contributed by atoms with Gasteiger partial charge >= 0.3 is 5.91 Å². The van der Waals surface area contributed by atoms with Gasteiger partial charge in [0.2, 0.25) is 0 Å². The number of aliphatic hydroxyl groups is 1. The van der Waals surface area contributed by atoms with Crippen molar-refractivity contribution in [3.63, 3.8) is 0 Å². The van der Waals surface area contributed by atoms with Crippen molar-refractivity contribution in [3.8, 4) is 11.5 Å². The van der Waals surface area contributed by atoms with E-state index in [-0.39, 0.29) is 11.3 Å². The van der Waals surface area contributed by atoms with E-state index in [0.717, 1.165) is 17.5 Å². The summed E-state index contributed by atoms with van der Waals surface area (Å²) in [5, 5.41) is 11.6. The first-order valence-corrected chi connectivity index (χ1v) is 13.3. The largest absolute Gasteiger partial charge is 0.507 e. The molecule has 2 aromatic heterocycles. The van der Waals surface area contributed by atoms with E-state index < -0.39 is 17.7 Å². The van der Waals surface area contributed by atoms with Crippen LogP contribution in [-0.2, 0) is 9.59 Å². The van der Waals surface area contributed by atoms with E-state index in [1.807, 2.05) is 43.3 Å². The summed E-state index contributed by atoms with van der Waals surface area (Å²) in [6.07, 6.45) is 4.94. The number of hydrogen-bond donors (Lipinski definition) is 1. The van der Waals surface area contributed by atoms with Gasteiger partial charge in [0, 0.05) is 18.0 Å². The molecule has 4 aromatic rings. The highest BCUT2D eigenvalue weighted by Crippen LogP contribution is 2.45. The summed E-state index contributed by atoms with van der Waals surface area (Å²) < 4.78 is 12.3. The molecule has 9 heteroatoms. The van der Waals surface area contributed by atoms with Gasteiger partial charge in [0.25, 0.3) is 5.78 Å². The van der Waals surface area contributed by atoms with E-state index in [1.54, 1.807) is 18.2 Å². The number of pyridine rings is 1. The average Bonchev–Trinajstić information content (AvgIpc) is 3.47. The van der Waals surface area contributed by atoms with Gasteiger partial charge in [-0.3, -0.25) is 19.5 Å². The van der Waals surface area contributed by atoms with Gasteiger partial charge in [-0.05, 0) is 61.4 Å². The van der Waals surface area contributed by atoms with Gasteiger partial charge in [-0.1, -0.05) is 36.8 Å². The molecule has 1 aliphatic heterocycles. The van der Waals surface area contributed by atoms with Gasteiger partial charge in [-0.2, -0.15) is 0 Å². The molecule has 38 heavy (non-hydrogen) atoms. The van der Waals surface area contributed by atoms with Gasteiger partial charge < -0.3 is 14.6 Å². The average molecular weight is 530 g/mol. The molecule has 0 spiro atoms. The molecule has 1 aliphatic rings. The molecular weight excluding hydrogens is 502 g/mol. The fraction of sp³-hybridized carbons (Fsp3) is 0.241. The van der Waals surface area contributed by atoms with Crippen LogP contribution in [0.2, 0.25) is 0 Å². The molecule has 2 aromatic carbocycles. The highest BCUT2D eigenvalue weighted by Gasteiger charge is 2.48. The number of anilines is 1. The third-order valence-electron chi connectivity index (χ3n) is 6.20. The number of rotatable bonds is 9. The summed E-state index contributed by atoms with van der Waals surface area (Å²) in [4.78, 5) is 37.0. The minimum absolute atomic E-state index is 0.0128. The number of carbonyl (C=O) groups excluding carboxylic acids is 2. The Morgan fingerprint density at radius 3 is 2.58 bits per heavy atom. The molecule has 0 aliphatic carbocycles. The molecular formula is C29H27N3O5S. The Balaban J connectivity index is 1.65. The first-order valence-electron chi connectivity index (χ1n) is 12.5. The zero-order valence-electron chi connectivity index (χ0n) is 21.1. The van der Waals surface area contributed by atoms with Crippen molar-refractivity contribution in [2.24, 2.45) is 0 Å². The Kier molecular flexibility index (Phi) is 7.37. The van der Waals surface area contributed by atoms with Gasteiger partial charge in [0.05, 0.1) is 35.0 Å². The summed E-state index contributed by atoms with van der Waals surface area (Å²) in [5.41, 5.74) is 1.69. The van der Waals surface area contributed by atoms with Crippen molar-refractivity contribution in [3.05, 3.63) is 83.7 Å². The maximum Gasteiger partial charge on any atom is 0.301 e. The van der Waals surface area contributed by atoms with Crippen LogP contribution in [0.5, 0.6) is 11.5 Å². The quantitative estimate of drug-likeness (QED) is 0.125. The number of aliphatic hydroxyl groups excluding tert-OH is 1. The first-order chi connectivity index (χ1) is 18.5. The number of fused-ring (bicyclic) bond motifs is 1.